The summed E-state index contributed by atoms with van der Waals surface area (Å²) in [6.07, 6.45) is 2.24. The fourth-order valence-corrected chi connectivity index (χ4v) is 2.76. The molecule has 1 fully saturated rings. The molecule has 1 aromatic heterocycles. The van der Waals surface area contributed by atoms with Gasteiger partial charge in [0.25, 0.3) is 5.91 Å². The Morgan fingerprint density at radius 1 is 1.48 bits per heavy atom. The molecule has 1 aromatic carbocycles. The van der Waals surface area contributed by atoms with Crippen LogP contribution in [0.5, 0.6) is 0 Å². The third kappa shape index (κ3) is 2.81. The Bertz CT molecular complexity index is 678. The Morgan fingerprint density at radius 2 is 2.19 bits per heavy atom. The van der Waals surface area contributed by atoms with Crippen molar-refractivity contribution in [2.75, 3.05) is 12.8 Å². The average Bonchev–Trinajstić information content (AvgIpc) is 3.24. The highest BCUT2D eigenvalue weighted by Gasteiger charge is 2.31. The topological polar surface area (TPSA) is 75.0 Å². The van der Waals surface area contributed by atoms with Crippen LogP contribution in [0.25, 0.3) is 0 Å². The van der Waals surface area contributed by atoms with Crippen LogP contribution >= 0.6 is 15.9 Å². The number of nitrogens with two attached hydrogens (primary N) is 1. The molecule has 0 radical (unpaired) electrons. The molecule has 0 unspecified atom stereocenters. The van der Waals surface area contributed by atoms with Crippen LogP contribution in [-0.4, -0.2) is 28.1 Å². The number of nitrogen functional groups attached to an aromatic ring is 1. The minimum absolute atomic E-state index is 0.161. The SMILES string of the molecule is CN(Cc1ccccc1Br)C(=O)c1n[nH]c(C2CC2)c1N. The van der Waals surface area contributed by atoms with E-state index >= 15 is 0 Å². The van der Waals surface area contributed by atoms with Gasteiger partial charge >= 0.3 is 0 Å². The van der Waals surface area contributed by atoms with E-state index in [0.717, 1.165) is 28.6 Å². The van der Waals surface area contributed by atoms with E-state index in [-0.39, 0.29) is 5.91 Å². The van der Waals surface area contributed by atoms with Crippen molar-refractivity contribution in [2.24, 2.45) is 0 Å². The molecule has 0 aliphatic heterocycles. The highest BCUT2D eigenvalue weighted by atomic mass is 79.9. The van der Waals surface area contributed by atoms with Gasteiger partial charge in [0, 0.05) is 24.0 Å². The smallest absolute Gasteiger partial charge is 0.276 e. The summed E-state index contributed by atoms with van der Waals surface area (Å²) in [6.45, 7) is 0.505. The van der Waals surface area contributed by atoms with Crippen molar-refractivity contribution in [3.05, 3.63) is 45.7 Å². The molecule has 1 aliphatic carbocycles. The van der Waals surface area contributed by atoms with E-state index in [1.54, 1.807) is 11.9 Å². The maximum Gasteiger partial charge on any atom is 0.276 e. The minimum Gasteiger partial charge on any atom is -0.395 e. The number of hydrogen-bond acceptors (Lipinski definition) is 3. The molecule has 1 heterocycles. The van der Waals surface area contributed by atoms with Crippen molar-refractivity contribution in [3.63, 3.8) is 0 Å². The first kappa shape index (κ1) is 14.1. The number of carbonyl (C=O) groups is 1. The van der Waals surface area contributed by atoms with Crippen LogP contribution in [0.4, 0.5) is 5.69 Å². The molecule has 0 bridgehead atoms. The lowest BCUT2D eigenvalue weighted by molar-refractivity contribution is 0.0780. The van der Waals surface area contributed by atoms with Crippen LogP contribution in [0.3, 0.4) is 0 Å². The summed E-state index contributed by atoms with van der Waals surface area (Å²) < 4.78 is 0.985. The first-order valence-corrected chi connectivity index (χ1v) is 7.70. The number of anilines is 1. The van der Waals surface area contributed by atoms with E-state index in [4.69, 9.17) is 5.73 Å². The van der Waals surface area contributed by atoms with Crippen LogP contribution < -0.4 is 5.73 Å². The van der Waals surface area contributed by atoms with E-state index in [1.807, 2.05) is 24.3 Å². The predicted octanol–water partition coefficient (Wildman–Crippen LogP) is 2.90. The lowest BCUT2D eigenvalue weighted by atomic mass is 10.2. The van der Waals surface area contributed by atoms with Gasteiger partial charge in [-0.15, -0.1) is 0 Å². The molecule has 3 rings (SSSR count). The fourth-order valence-electron chi connectivity index (χ4n) is 2.35. The molecule has 3 N–H and O–H groups in total. The molecule has 6 heteroatoms. The van der Waals surface area contributed by atoms with Gasteiger partial charge in [-0.2, -0.15) is 5.10 Å². The largest absolute Gasteiger partial charge is 0.395 e. The van der Waals surface area contributed by atoms with E-state index in [9.17, 15) is 4.79 Å². The molecule has 5 nitrogen and oxygen atoms in total. The maximum atomic E-state index is 12.5. The summed E-state index contributed by atoms with van der Waals surface area (Å²) in [7, 11) is 1.76. The maximum absolute atomic E-state index is 12.5. The van der Waals surface area contributed by atoms with Crippen LogP contribution in [0, 0.1) is 0 Å². The highest BCUT2D eigenvalue weighted by Crippen LogP contribution is 2.42. The van der Waals surface area contributed by atoms with Crippen molar-refractivity contribution >= 4 is 27.5 Å². The van der Waals surface area contributed by atoms with Gasteiger partial charge in [0.1, 0.15) is 0 Å². The summed E-state index contributed by atoms with van der Waals surface area (Å²) in [5, 5.41) is 7.02. The molecule has 0 atom stereocenters. The molecule has 110 valence electrons. The number of halogens is 1. The average molecular weight is 349 g/mol. The van der Waals surface area contributed by atoms with Crippen molar-refractivity contribution in [3.8, 4) is 0 Å². The number of nitrogens with zero attached hydrogens (tertiary/aromatic N) is 2. The summed E-state index contributed by atoms with van der Waals surface area (Å²) in [4.78, 5) is 14.1. The molecule has 1 aliphatic rings. The Balaban J connectivity index is 1.77. The van der Waals surface area contributed by atoms with Crippen LogP contribution in [-0.2, 0) is 6.54 Å². The Labute approximate surface area is 131 Å². The van der Waals surface area contributed by atoms with Gasteiger partial charge in [0.15, 0.2) is 5.69 Å². The molecule has 2 aromatic rings. The van der Waals surface area contributed by atoms with Crippen molar-refractivity contribution in [1.29, 1.82) is 0 Å². The lowest BCUT2D eigenvalue weighted by Crippen LogP contribution is -2.27. The van der Waals surface area contributed by atoms with Gasteiger partial charge in [-0.1, -0.05) is 34.1 Å². The molecule has 0 spiro atoms. The van der Waals surface area contributed by atoms with E-state index in [1.165, 1.54) is 0 Å². The summed E-state index contributed by atoms with van der Waals surface area (Å²) in [5.74, 6) is 0.291. The monoisotopic (exact) mass is 348 g/mol. The second-order valence-electron chi connectivity index (χ2n) is 5.43. The fraction of sp³-hybridized carbons (Fsp3) is 0.333. The first-order valence-electron chi connectivity index (χ1n) is 6.90. The highest BCUT2D eigenvalue weighted by molar-refractivity contribution is 9.10. The molecular weight excluding hydrogens is 332 g/mol. The standard InChI is InChI=1S/C15H17BrN4O/c1-20(8-10-4-2-3-5-11(10)16)15(21)14-12(17)13(18-19-14)9-6-7-9/h2-5,9H,6-8,17H2,1H3,(H,18,19). The van der Waals surface area contributed by atoms with E-state index in [0.29, 0.717) is 23.8 Å². The van der Waals surface area contributed by atoms with Gasteiger partial charge in [0.05, 0.1) is 11.4 Å². The van der Waals surface area contributed by atoms with Crippen molar-refractivity contribution in [2.45, 2.75) is 25.3 Å². The summed E-state index contributed by atoms with van der Waals surface area (Å²) in [6, 6.07) is 7.84. The van der Waals surface area contributed by atoms with Crippen molar-refractivity contribution in [1.82, 2.24) is 15.1 Å². The van der Waals surface area contributed by atoms with Gasteiger partial charge in [-0.05, 0) is 24.5 Å². The van der Waals surface area contributed by atoms with Gasteiger partial charge < -0.3 is 10.6 Å². The number of aromatic amines is 1. The van der Waals surface area contributed by atoms with Crippen LogP contribution in [0.1, 0.15) is 40.5 Å². The number of H-pyrrole nitrogens is 1. The Hall–Kier alpha value is -1.82. The zero-order chi connectivity index (χ0) is 15.0. The number of benzene rings is 1. The Morgan fingerprint density at radius 3 is 2.86 bits per heavy atom. The zero-order valence-electron chi connectivity index (χ0n) is 11.8. The second kappa shape index (κ2) is 5.52. The molecule has 21 heavy (non-hydrogen) atoms. The van der Waals surface area contributed by atoms with Gasteiger partial charge in [-0.3, -0.25) is 9.89 Å². The van der Waals surface area contributed by atoms with E-state index < -0.39 is 0 Å². The summed E-state index contributed by atoms with van der Waals surface area (Å²) in [5.41, 5.74) is 8.84. The first-order chi connectivity index (χ1) is 10.1. The summed E-state index contributed by atoms with van der Waals surface area (Å²) >= 11 is 3.49. The quantitative estimate of drug-likeness (QED) is 0.891. The molecule has 1 saturated carbocycles. The van der Waals surface area contributed by atoms with Crippen LogP contribution in [0.2, 0.25) is 0 Å². The lowest BCUT2D eigenvalue weighted by Gasteiger charge is -2.17. The number of aromatic nitrogens is 2. The van der Waals surface area contributed by atoms with Crippen LogP contribution in [0.15, 0.2) is 28.7 Å². The molecule has 0 saturated heterocycles. The third-order valence-corrected chi connectivity index (χ3v) is 4.51. The number of carbonyl (C=O) groups excluding carboxylic acids is 1. The molecular formula is C15H17BrN4O. The van der Waals surface area contributed by atoms with Gasteiger partial charge in [0.2, 0.25) is 0 Å². The molecule has 1 amide bonds. The van der Waals surface area contributed by atoms with E-state index in [2.05, 4.69) is 26.1 Å². The second-order valence-corrected chi connectivity index (χ2v) is 6.28. The normalized spacial score (nSPS) is 14.2. The van der Waals surface area contributed by atoms with Crippen molar-refractivity contribution < 1.29 is 4.79 Å². The third-order valence-electron chi connectivity index (χ3n) is 3.73. The number of rotatable bonds is 4. The number of amides is 1. The zero-order valence-corrected chi connectivity index (χ0v) is 13.4. The number of nitrogens with one attached hydrogen (secondary N) is 1. The Kier molecular flexibility index (Phi) is 3.71. The number of hydrogen-bond donors (Lipinski definition) is 2. The van der Waals surface area contributed by atoms with Gasteiger partial charge in [-0.25, -0.2) is 0 Å². The predicted molar refractivity (Wildman–Crippen MR) is 84.9 cm³/mol. The minimum atomic E-state index is -0.161.